The number of hydrogen-bond acceptors (Lipinski definition) is 3. The van der Waals surface area contributed by atoms with E-state index in [0.717, 1.165) is 17.0 Å². The molecule has 0 atom stereocenters. The Hall–Kier alpha value is -0.960. The van der Waals surface area contributed by atoms with Gasteiger partial charge in [0.2, 0.25) is 0 Å². The Bertz CT molecular complexity index is 225. The van der Waals surface area contributed by atoms with E-state index >= 15 is 0 Å². The van der Waals surface area contributed by atoms with Gasteiger partial charge < -0.3 is 10.1 Å². The summed E-state index contributed by atoms with van der Waals surface area (Å²) in [6.07, 6.45) is 1.27. The van der Waals surface area contributed by atoms with Gasteiger partial charge >= 0.3 is 0 Å². The zero-order chi connectivity index (χ0) is 10.3. The lowest BCUT2D eigenvalue weighted by Crippen LogP contribution is -2.05. The first-order valence-electron chi connectivity index (χ1n) is 4.41. The van der Waals surface area contributed by atoms with Crippen molar-refractivity contribution >= 4 is 11.9 Å². The van der Waals surface area contributed by atoms with Crippen LogP contribution in [0.2, 0.25) is 0 Å². The highest BCUT2D eigenvalue weighted by Crippen LogP contribution is 2.02. The molecule has 0 aliphatic heterocycles. The molecule has 0 aliphatic carbocycles. The maximum Gasteiger partial charge on any atom is 0.0845 e. The van der Waals surface area contributed by atoms with E-state index in [1.165, 1.54) is 6.21 Å². The number of rotatable bonds is 5. The predicted octanol–water partition coefficient (Wildman–Crippen LogP) is 2.43. The first kappa shape index (κ1) is 12.0. The van der Waals surface area contributed by atoms with Crippen LogP contribution in [0.1, 0.15) is 27.7 Å². The van der Waals surface area contributed by atoms with Crippen LogP contribution in [0.3, 0.4) is 0 Å². The van der Waals surface area contributed by atoms with Crippen molar-refractivity contribution in [2.45, 2.75) is 27.7 Å². The average Bonchev–Trinajstić information content (AvgIpc) is 2.10. The van der Waals surface area contributed by atoms with E-state index < -0.39 is 0 Å². The normalized spacial score (nSPS) is 11.2. The molecule has 0 aromatic carbocycles. The Morgan fingerprint density at radius 3 is 2.38 bits per heavy atom. The van der Waals surface area contributed by atoms with E-state index in [1.54, 1.807) is 0 Å². The minimum atomic E-state index is 0.543. The standard InChI is InChI=1S/C10H18N2O/c1-5-13-7-9(4)12-10(6-11)8(2)3/h6,11H,5,7H2,1-4H3. The van der Waals surface area contributed by atoms with Crippen LogP contribution < -0.4 is 0 Å². The molecule has 74 valence electrons. The fourth-order valence-electron chi connectivity index (χ4n) is 0.776. The lowest BCUT2D eigenvalue weighted by Gasteiger charge is -2.02. The second-order valence-corrected chi connectivity index (χ2v) is 3.01. The zero-order valence-electron chi connectivity index (χ0n) is 8.85. The molecular weight excluding hydrogens is 164 g/mol. The zero-order valence-corrected chi connectivity index (χ0v) is 8.85. The molecule has 0 amide bonds. The molecule has 0 unspecified atom stereocenters. The Morgan fingerprint density at radius 1 is 1.38 bits per heavy atom. The summed E-state index contributed by atoms with van der Waals surface area (Å²) in [7, 11) is 0. The van der Waals surface area contributed by atoms with Gasteiger partial charge in [0.05, 0.1) is 12.3 Å². The SMILES string of the molecule is CCOCC(C)=NC(C=N)=C(C)C. The number of aliphatic imine (C=N–C) groups is 1. The average molecular weight is 182 g/mol. The van der Waals surface area contributed by atoms with Crippen LogP contribution in [0.5, 0.6) is 0 Å². The number of ether oxygens (including phenoxy) is 1. The smallest absolute Gasteiger partial charge is 0.0845 e. The summed E-state index contributed by atoms with van der Waals surface area (Å²) in [5.74, 6) is 0. The third kappa shape index (κ3) is 5.31. The van der Waals surface area contributed by atoms with Gasteiger partial charge in [0, 0.05) is 18.5 Å². The minimum absolute atomic E-state index is 0.543. The Labute approximate surface area is 80.0 Å². The lowest BCUT2D eigenvalue weighted by atomic mass is 10.3. The van der Waals surface area contributed by atoms with Gasteiger partial charge in [-0.15, -0.1) is 0 Å². The molecule has 13 heavy (non-hydrogen) atoms. The van der Waals surface area contributed by atoms with Gasteiger partial charge in [0.25, 0.3) is 0 Å². The highest BCUT2D eigenvalue weighted by Gasteiger charge is 1.95. The van der Waals surface area contributed by atoms with E-state index in [9.17, 15) is 0 Å². The summed E-state index contributed by atoms with van der Waals surface area (Å²) >= 11 is 0. The first-order chi connectivity index (χ1) is 6.11. The third-order valence-electron chi connectivity index (χ3n) is 1.48. The Morgan fingerprint density at radius 2 is 2.00 bits per heavy atom. The van der Waals surface area contributed by atoms with Crippen molar-refractivity contribution in [3.63, 3.8) is 0 Å². The molecular formula is C10H18N2O. The molecule has 0 aliphatic rings. The molecule has 0 rings (SSSR count). The molecule has 0 saturated heterocycles. The van der Waals surface area contributed by atoms with Gasteiger partial charge in [0.1, 0.15) is 0 Å². The van der Waals surface area contributed by atoms with Gasteiger partial charge in [-0.1, -0.05) is 0 Å². The summed E-state index contributed by atoms with van der Waals surface area (Å²) in [5, 5.41) is 7.13. The topological polar surface area (TPSA) is 45.4 Å². The molecule has 0 spiro atoms. The number of nitrogens with one attached hydrogen (secondary N) is 1. The van der Waals surface area contributed by atoms with Gasteiger partial charge in [-0.05, 0) is 33.3 Å². The van der Waals surface area contributed by atoms with Crippen molar-refractivity contribution in [3.8, 4) is 0 Å². The van der Waals surface area contributed by atoms with E-state index in [1.807, 2.05) is 27.7 Å². The molecule has 0 bridgehead atoms. The van der Waals surface area contributed by atoms with Crippen molar-refractivity contribution in [1.29, 1.82) is 5.41 Å². The summed E-state index contributed by atoms with van der Waals surface area (Å²) in [6.45, 7) is 8.98. The van der Waals surface area contributed by atoms with Crippen LogP contribution in [-0.4, -0.2) is 25.1 Å². The molecule has 0 aromatic heterocycles. The van der Waals surface area contributed by atoms with Crippen molar-refractivity contribution in [3.05, 3.63) is 11.3 Å². The lowest BCUT2D eigenvalue weighted by molar-refractivity contribution is 0.187. The molecule has 0 saturated carbocycles. The summed E-state index contributed by atoms with van der Waals surface area (Å²) in [5.41, 5.74) is 2.67. The van der Waals surface area contributed by atoms with Gasteiger partial charge in [-0.25, -0.2) is 0 Å². The van der Waals surface area contributed by atoms with Gasteiger partial charge in [0.15, 0.2) is 0 Å². The Kier molecular flexibility index (Phi) is 6.06. The molecule has 3 nitrogen and oxygen atoms in total. The number of allylic oxidation sites excluding steroid dienone is 2. The minimum Gasteiger partial charge on any atom is -0.376 e. The monoisotopic (exact) mass is 182 g/mol. The van der Waals surface area contributed by atoms with Crippen LogP contribution in [0.25, 0.3) is 0 Å². The van der Waals surface area contributed by atoms with E-state index in [0.29, 0.717) is 13.2 Å². The molecule has 0 heterocycles. The highest BCUT2D eigenvalue weighted by atomic mass is 16.5. The first-order valence-corrected chi connectivity index (χ1v) is 4.41. The molecule has 0 aromatic rings. The fourth-order valence-corrected chi connectivity index (χ4v) is 0.776. The maximum absolute atomic E-state index is 7.13. The van der Waals surface area contributed by atoms with E-state index in [2.05, 4.69) is 4.99 Å². The van der Waals surface area contributed by atoms with Gasteiger partial charge in [-0.2, -0.15) is 0 Å². The Balaban J connectivity index is 4.35. The second-order valence-electron chi connectivity index (χ2n) is 3.01. The van der Waals surface area contributed by atoms with Crippen molar-refractivity contribution in [2.24, 2.45) is 4.99 Å². The fraction of sp³-hybridized carbons (Fsp3) is 0.600. The van der Waals surface area contributed by atoms with Crippen LogP contribution in [0, 0.1) is 5.41 Å². The predicted molar refractivity (Wildman–Crippen MR) is 56.8 cm³/mol. The van der Waals surface area contributed by atoms with Crippen molar-refractivity contribution in [2.75, 3.05) is 13.2 Å². The largest absolute Gasteiger partial charge is 0.376 e. The summed E-state index contributed by atoms with van der Waals surface area (Å²) < 4.78 is 5.19. The van der Waals surface area contributed by atoms with Crippen molar-refractivity contribution < 1.29 is 4.74 Å². The molecule has 1 N–H and O–H groups in total. The number of nitrogens with zero attached hydrogens (tertiary/aromatic N) is 1. The van der Waals surface area contributed by atoms with Crippen LogP contribution in [0.4, 0.5) is 0 Å². The van der Waals surface area contributed by atoms with Crippen LogP contribution in [-0.2, 0) is 4.74 Å². The van der Waals surface area contributed by atoms with Gasteiger partial charge in [-0.3, -0.25) is 4.99 Å². The maximum atomic E-state index is 7.13. The third-order valence-corrected chi connectivity index (χ3v) is 1.48. The quantitative estimate of drug-likeness (QED) is 0.652. The van der Waals surface area contributed by atoms with E-state index in [-0.39, 0.29) is 0 Å². The summed E-state index contributed by atoms with van der Waals surface area (Å²) in [6, 6.07) is 0. The number of hydrogen-bond donors (Lipinski definition) is 1. The van der Waals surface area contributed by atoms with Crippen molar-refractivity contribution in [1.82, 2.24) is 0 Å². The summed E-state index contributed by atoms with van der Waals surface area (Å²) in [4.78, 5) is 4.26. The van der Waals surface area contributed by atoms with Crippen LogP contribution in [0.15, 0.2) is 16.3 Å². The highest BCUT2D eigenvalue weighted by molar-refractivity contribution is 5.89. The van der Waals surface area contributed by atoms with Crippen LogP contribution >= 0.6 is 0 Å². The van der Waals surface area contributed by atoms with E-state index in [4.69, 9.17) is 10.1 Å². The second kappa shape index (κ2) is 6.54. The molecule has 0 radical (unpaired) electrons. The molecule has 3 heteroatoms. The molecule has 0 fully saturated rings.